The Morgan fingerprint density at radius 1 is 1.26 bits per heavy atom. The molecule has 1 atom stereocenters. The molecule has 1 unspecified atom stereocenters. The Labute approximate surface area is 115 Å². The lowest BCUT2D eigenvalue weighted by molar-refractivity contribution is -0.147. The predicted octanol–water partition coefficient (Wildman–Crippen LogP) is -0.608. The van der Waals surface area contributed by atoms with Crippen LogP contribution >= 0.6 is 12.6 Å². The minimum Gasteiger partial charge on any atom is -0.466 e. The Morgan fingerprint density at radius 2 is 1.89 bits per heavy atom. The van der Waals surface area contributed by atoms with E-state index in [1.807, 2.05) is 0 Å². The van der Waals surface area contributed by atoms with Gasteiger partial charge in [0.1, 0.15) is 0 Å². The molecule has 0 fully saturated rings. The van der Waals surface area contributed by atoms with E-state index in [1.165, 1.54) is 7.11 Å². The van der Waals surface area contributed by atoms with Crippen molar-refractivity contribution in [2.24, 2.45) is 5.73 Å². The Kier molecular flexibility index (Phi) is 8.47. The Balaban J connectivity index is 3.91. The van der Waals surface area contributed by atoms with Gasteiger partial charge in [0.15, 0.2) is 12.4 Å². The molecule has 7 nitrogen and oxygen atoms in total. The summed E-state index contributed by atoms with van der Waals surface area (Å²) in [6.45, 7) is -0.490. The molecule has 0 radical (unpaired) electrons. The van der Waals surface area contributed by atoms with Gasteiger partial charge < -0.3 is 15.2 Å². The van der Waals surface area contributed by atoms with Crippen LogP contribution in [0.5, 0.6) is 0 Å². The van der Waals surface area contributed by atoms with Gasteiger partial charge in [0.25, 0.3) is 0 Å². The topological polar surface area (TPSA) is 113 Å². The third-order valence-electron chi connectivity index (χ3n) is 1.96. The second-order valence-corrected chi connectivity index (χ2v) is 3.91. The van der Waals surface area contributed by atoms with Crippen LogP contribution in [0.2, 0.25) is 0 Å². The first-order valence-corrected chi connectivity index (χ1v) is 5.74. The van der Waals surface area contributed by atoms with E-state index in [9.17, 15) is 19.2 Å². The van der Waals surface area contributed by atoms with Crippen LogP contribution in [0, 0.1) is 0 Å². The number of methoxy groups -OCH3 is 1. The molecule has 0 rings (SSSR count). The van der Waals surface area contributed by atoms with Gasteiger partial charge in [0, 0.05) is 12.5 Å². The lowest BCUT2D eigenvalue weighted by Crippen LogP contribution is -2.28. The molecule has 0 aromatic heterocycles. The molecule has 0 aliphatic rings. The maximum Gasteiger partial charge on any atom is 0.330 e. The average Bonchev–Trinajstić information content (AvgIpc) is 2.39. The Bertz CT molecular complexity index is 393. The molecule has 0 saturated carbocycles. The van der Waals surface area contributed by atoms with Crippen molar-refractivity contribution < 1.29 is 28.7 Å². The molecular weight excluding hydrogens is 274 g/mol. The largest absolute Gasteiger partial charge is 0.466 e. The highest BCUT2D eigenvalue weighted by atomic mass is 32.1. The van der Waals surface area contributed by atoms with E-state index in [1.54, 1.807) is 0 Å². The number of carbonyl (C=O) groups excluding carboxylic acids is 4. The van der Waals surface area contributed by atoms with Crippen LogP contribution in [0.1, 0.15) is 12.8 Å². The van der Waals surface area contributed by atoms with Crippen LogP contribution in [-0.4, -0.2) is 42.6 Å². The fourth-order valence-electron chi connectivity index (χ4n) is 0.898. The van der Waals surface area contributed by atoms with Crippen LogP contribution in [-0.2, 0) is 28.7 Å². The van der Waals surface area contributed by atoms with Crippen LogP contribution in [0.3, 0.4) is 0 Å². The number of hydrogen-bond donors (Lipinski definition) is 2. The van der Waals surface area contributed by atoms with Crippen LogP contribution in [0.15, 0.2) is 12.2 Å². The van der Waals surface area contributed by atoms with Gasteiger partial charge in [-0.2, -0.15) is 0 Å². The van der Waals surface area contributed by atoms with Gasteiger partial charge in [-0.05, 0) is 12.5 Å². The summed E-state index contributed by atoms with van der Waals surface area (Å²) in [7, 11) is 1.17. The SMILES string of the molecule is COC(=O)C=CC(=O)COC(=O)CCC(N)C(=O)S. The molecule has 0 aliphatic carbocycles. The first-order chi connectivity index (χ1) is 8.86. The fourth-order valence-corrected chi connectivity index (χ4v) is 1.03. The number of carbonyl (C=O) groups is 4. The molecule has 19 heavy (non-hydrogen) atoms. The molecule has 2 N–H and O–H groups in total. The number of esters is 2. The van der Waals surface area contributed by atoms with E-state index in [0.717, 1.165) is 12.2 Å². The van der Waals surface area contributed by atoms with Gasteiger partial charge in [0.2, 0.25) is 5.12 Å². The molecule has 0 aromatic carbocycles. The average molecular weight is 289 g/mol. The van der Waals surface area contributed by atoms with Gasteiger partial charge >= 0.3 is 11.9 Å². The minimum absolute atomic E-state index is 0.0906. The number of ketones is 1. The van der Waals surface area contributed by atoms with Crippen LogP contribution in [0.4, 0.5) is 0 Å². The summed E-state index contributed by atoms with van der Waals surface area (Å²) < 4.78 is 8.89. The zero-order chi connectivity index (χ0) is 14.8. The van der Waals surface area contributed by atoms with Crippen molar-refractivity contribution >= 4 is 35.5 Å². The number of hydrogen-bond acceptors (Lipinski definition) is 7. The van der Waals surface area contributed by atoms with Crippen molar-refractivity contribution in [1.29, 1.82) is 0 Å². The Morgan fingerprint density at radius 3 is 2.42 bits per heavy atom. The van der Waals surface area contributed by atoms with Crippen molar-refractivity contribution in [3.8, 4) is 0 Å². The van der Waals surface area contributed by atoms with Crippen molar-refractivity contribution in [3.63, 3.8) is 0 Å². The maximum atomic E-state index is 11.2. The summed E-state index contributed by atoms with van der Waals surface area (Å²) in [6, 6.07) is -0.842. The molecule has 0 saturated heterocycles. The second kappa shape index (κ2) is 9.29. The summed E-state index contributed by atoms with van der Waals surface area (Å²) in [5.74, 6) is -1.91. The third kappa shape index (κ3) is 8.97. The number of nitrogens with two attached hydrogens (primary N) is 1. The molecule has 0 aliphatic heterocycles. The molecule has 106 valence electrons. The van der Waals surface area contributed by atoms with E-state index in [-0.39, 0.29) is 12.8 Å². The summed E-state index contributed by atoms with van der Waals surface area (Å²) in [5, 5.41) is -0.523. The summed E-state index contributed by atoms with van der Waals surface area (Å²) in [5.41, 5.74) is 5.35. The molecule has 0 spiro atoms. The van der Waals surface area contributed by atoms with Gasteiger partial charge in [0.05, 0.1) is 13.2 Å². The lowest BCUT2D eigenvalue weighted by Gasteiger charge is -2.06. The second-order valence-electron chi connectivity index (χ2n) is 3.47. The maximum absolute atomic E-state index is 11.2. The lowest BCUT2D eigenvalue weighted by atomic mass is 10.2. The number of rotatable bonds is 8. The van der Waals surface area contributed by atoms with E-state index in [2.05, 4.69) is 22.1 Å². The van der Waals surface area contributed by atoms with Crippen molar-refractivity contribution in [2.75, 3.05) is 13.7 Å². The van der Waals surface area contributed by atoms with Gasteiger partial charge in [-0.3, -0.25) is 14.4 Å². The fraction of sp³-hybridized carbons (Fsp3) is 0.455. The van der Waals surface area contributed by atoms with Gasteiger partial charge in [-0.15, -0.1) is 12.6 Å². The first-order valence-electron chi connectivity index (χ1n) is 5.29. The van der Waals surface area contributed by atoms with E-state index in [0.29, 0.717) is 0 Å². The molecule has 8 heteroatoms. The summed E-state index contributed by atoms with van der Waals surface area (Å²) >= 11 is 3.51. The predicted molar refractivity (Wildman–Crippen MR) is 68.3 cm³/mol. The minimum atomic E-state index is -0.842. The molecular formula is C11H15NO6S. The normalized spacial score (nSPS) is 11.9. The Hall–Kier alpha value is -1.67. The summed E-state index contributed by atoms with van der Waals surface area (Å²) in [6.07, 6.45) is 1.86. The van der Waals surface area contributed by atoms with Crippen molar-refractivity contribution in [1.82, 2.24) is 0 Å². The molecule has 0 bridgehead atoms. The summed E-state index contributed by atoms with van der Waals surface area (Å²) in [4.78, 5) is 43.7. The van der Waals surface area contributed by atoms with Gasteiger partial charge in [-0.1, -0.05) is 0 Å². The molecule has 0 aromatic rings. The smallest absolute Gasteiger partial charge is 0.330 e. The number of thiol groups is 1. The van der Waals surface area contributed by atoms with Crippen LogP contribution in [0.25, 0.3) is 0 Å². The zero-order valence-corrected chi connectivity index (χ0v) is 11.2. The monoisotopic (exact) mass is 289 g/mol. The quantitative estimate of drug-likeness (QED) is 0.348. The van der Waals surface area contributed by atoms with E-state index >= 15 is 0 Å². The van der Waals surface area contributed by atoms with Crippen molar-refractivity contribution in [3.05, 3.63) is 12.2 Å². The van der Waals surface area contributed by atoms with Gasteiger partial charge in [-0.25, -0.2) is 4.79 Å². The van der Waals surface area contributed by atoms with E-state index < -0.39 is 35.5 Å². The highest BCUT2D eigenvalue weighted by molar-refractivity contribution is 7.96. The molecule has 0 amide bonds. The third-order valence-corrected chi connectivity index (χ3v) is 2.29. The highest BCUT2D eigenvalue weighted by Gasteiger charge is 2.13. The van der Waals surface area contributed by atoms with E-state index in [4.69, 9.17) is 5.73 Å². The standard InChI is InChI=1S/C11H15NO6S/c1-17-9(14)4-2-7(13)6-18-10(15)5-3-8(12)11(16)19/h2,4,8H,3,5-6,12H2,1H3,(H,16,19). The van der Waals surface area contributed by atoms with Crippen LogP contribution < -0.4 is 5.73 Å². The molecule has 0 heterocycles. The van der Waals surface area contributed by atoms with Crippen molar-refractivity contribution in [2.45, 2.75) is 18.9 Å². The number of ether oxygens (including phenoxy) is 2. The highest BCUT2D eigenvalue weighted by Crippen LogP contribution is 2.00. The first kappa shape index (κ1) is 17.3. The zero-order valence-electron chi connectivity index (χ0n) is 10.3.